The van der Waals surface area contributed by atoms with E-state index in [1.54, 1.807) is 0 Å². The zero-order valence-corrected chi connectivity index (χ0v) is 7.05. The minimum atomic E-state index is -0.635. The van der Waals surface area contributed by atoms with Crippen LogP contribution in [0.1, 0.15) is 39.0 Å². The molecule has 0 unspecified atom stereocenters. The van der Waals surface area contributed by atoms with Gasteiger partial charge in [0.15, 0.2) is 0 Å². The summed E-state index contributed by atoms with van der Waals surface area (Å²) in [5, 5.41) is 8.58. The number of aliphatic carboxylic acids is 1. The van der Waals surface area contributed by atoms with Crippen molar-refractivity contribution in [2.24, 2.45) is 11.8 Å². The fraction of sp³-hybridized carbons (Fsp3) is 0.889. The third-order valence-electron chi connectivity index (χ3n) is 2.73. The van der Waals surface area contributed by atoms with E-state index < -0.39 is 5.97 Å². The summed E-state index contributed by atoms with van der Waals surface area (Å²) in [5.41, 5.74) is 0. The Bertz CT molecular complexity index is 142. The Kier molecular flexibility index (Phi) is 2.92. The molecule has 0 radical (unpaired) electrons. The summed E-state index contributed by atoms with van der Waals surface area (Å²) in [6, 6.07) is 0. The van der Waals surface area contributed by atoms with Crippen molar-refractivity contribution in [3.05, 3.63) is 0 Å². The number of carbonyl (C=O) groups is 1. The monoisotopic (exact) mass is 156 g/mol. The van der Waals surface area contributed by atoms with Crippen LogP contribution in [-0.2, 0) is 4.79 Å². The second-order valence-corrected chi connectivity index (χ2v) is 3.62. The van der Waals surface area contributed by atoms with Crippen molar-refractivity contribution in [1.29, 1.82) is 0 Å². The standard InChI is InChI=1S/C9H16O2/c1-7-4-2-3-5-8(7)6-9(10)11/h7-8H,2-6H2,1H3,(H,10,11)/t7-,8-/m0/s1. The molecule has 2 nitrogen and oxygen atoms in total. The van der Waals surface area contributed by atoms with Crippen LogP contribution in [0, 0.1) is 11.8 Å². The summed E-state index contributed by atoms with van der Waals surface area (Å²) in [6.45, 7) is 2.17. The van der Waals surface area contributed by atoms with Gasteiger partial charge in [0.1, 0.15) is 0 Å². The molecule has 0 aromatic carbocycles. The Morgan fingerprint density at radius 3 is 2.64 bits per heavy atom. The summed E-state index contributed by atoms with van der Waals surface area (Å²) in [6.07, 6.45) is 5.23. The van der Waals surface area contributed by atoms with Gasteiger partial charge in [-0.1, -0.05) is 26.2 Å². The van der Waals surface area contributed by atoms with E-state index in [9.17, 15) is 4.79 Å². The second-order valence-electron chi connectivity index (χ2n) is 3.62. The van der Waals surface area contributed by atoms with Gasteiger partial charge >= 0.3 is 5.97 Å². The lowest BCUT2D eigenvalue weighted by Gasteiger charge is -2.27. The maximum atomic E-state index is 10.4. The molecular formula is C9H16O2. The first-order valence-corrected chi connectivity index (χ1v) is 4.42. The lowest BCUT2D eigenvalue weighted by Crippen LogP contribution is -2.19. The normalized spacial score (nSPS) is 31.7. The van der Waals surface area contributed by atoms with Crippen molar-refractivity contribution >= 4 is 5.97 Å². The predicted octanol–water partition coefficient (Wildman–Crippen LogP) is 2.29. The van der Waals surface area contributed by atoms with Crippen molar-refractivity contribution in [3.63, 3.8) is 0 Å². The van der Waals surface area contributed by atoms with Gasteiger partial charge in [-0.25, -0.2) is 0 Å². The smallest absolute Gasteiger partial charge is 0.303 e. The van der Waals surface area contributed by atoms with Crippen LogP contribution in [0.15, 0.2) is 0 Å². The molecule has 0 saturated heterocycles. The molecule has 0 heterocycles. The van der Waals surface area contributed by atoms with E-state index in [1.165, 1.54) is 19.3 Å². The van der Waals surface area contributed by atoms with Crippen LogP contribution < -0.4 is 0 Å². The minimum absolute atomic E-state index is 0.376. The molecule has 0 bridgehead atoms. The molecule has 64 valence electrons. The first-order chi connectivity index (χ1) is 5.20. The molecule has 0 spiro atoms. The summed E-state index contributed by atoms with van der Waals surface area (Å²) >= 11 is 0. The fourth-order valence-electron chi connectivity index (χ4n) is 1.92. The molecule has 1 rings (SSSR count). The van der Waals surface area contributed by atoms with Gasteiger partial charge < -0.3 is 5.11 Å². The van der Waals surface area contributed by atoms with Gasteiger partial charge in [-0.15, -0.1) is 0 Å². The largest absolute Gasteiger partial charge is 0.481 e. The predicted molar refractivity (Wildman–Crippen MR) is 43.4 cm³/mol. The molecule has 0 aromatic heterocycles. The highest BCUT2D eigenvalue weighted by molar-refractivity contribution is 5.67. The SMILES string of the molecule is C[C@H]1CCCC[C@H]1CC(=O)O. The van der Waals surface area contributed by atoms with Gasteiger partial charge in [-0.2, -0.15) is 0 Å². The molecule has 0 amide bonds. The number of hydrogen-bond acceptors (Lipinski definition) is 1. The molecule has 0 aliphatic heterocycles. The molecule has 0 aromatic rings. The van der Waals surface area contributed by atoms with E-state index in [1.807, 2.05) is 0 Å². The Morgan fingerprint density at radius 1 is 1.45 bits per heavy atom. The van der Waals surface area contributed by atoms with Crippen LogP contribution in [0.25, 0.3) is 0 Å². The zero-order chi connectivity index (χ0) is 8.27. The average molecular weight is 156 g/mol. The Morgan fingerprint density at radius 2 is 2.09 bits per heavy atom. The first kappa shape index (κ1) is 8.57. The van der Waals surface area contributed by atoms with Crippen LogP contribution in [0.3, 0.4) is 0 Å². The summed E-state index contributed by atoms with van der Waals surface area (Å²) < 4.78 is 0. The van der Waals surface area contributed by atoms with Gasteiger partial charge in [0.05, 0.1) is 0 Å². The fourth-order valence-corrected chi connectivity index (χ4v) is 1.92. The van der Waals surface area contributed by atoms with Crippen LogP contribution in [0.4, 0.5) is 0 Å². The average Bonchev–Trinajstić information content (AvgIpc) is 1.93. The highest BCUT2D eigenvalue weighted by Gasteiger charge is 2.22. The van der Waals surface area contributed by atoms with Gasteiger partial charge in [0, 0.05) is 6.42 Å². The molecule has 2 heteroatoms. The molecule has 1 aliphatic rings. The van der Waals surface area contributed by atoms with Crippen molar-refractivity contribution < 1.29 is 9.90 Å². The van der Waals surface area contributed by atoms with Gasteiger partial charge in [0.2, 0.25) is 0 Å². The maximum absolute atomic E-state index is 10.4. The van der Waals surface area contributed by atoms with Crippen LogP contribution >= 0.6 is 0 Å². The Balaban J connectivity index is 2.35. The maximum Gasteiger partial charge on any atom is 0.303 e. The van der Waals surface area contributed by atoms with Crippen LogP contribution in [0.2, 0.25) is 0 Å². The second kappa shape index (κ2) is 3.74. The molecule has 11 heavy (non-hydrogen) atoms. The van der Waals surface area contributed by atoms with E-state index in [4.69, 9.17) is 5.11 Å². The number of carboxylic acid groups (broad SMARTS) is 1. The molecule has 1 saturated carbocycles. The Hall–Kier alpha value is -0.530. The van der Waals surface area contributed by atoms with Crippen LogP contribution in [-0.4, -0.2) is 11.1 Å². The summed E-state index contributed by atoms with van der Waals surface area (Å²) in [7, 11) is 0. The quantitative estimate of drug-likeness (QED) is 0.666. The van der Waals surface area contributed by atoms with Crippen molar-refractivity contribution in [3.8, 4) is 0 Å². The number of carboxylic acids is 1. The van der Waals surface area contributed by atoms with Gasteiger partial charge in [-0.3, -0.25) is 4.79 Å². The lowest BCUT2D eigenvalue weighted by molar-refractivity contribution is -0.138. The minimum Gasteiger partial charge on any atom is -0.481 e. The highest BCUT2D eigenvalue weighted by atomic mass is 16.4. The molecule has 1 N–H and O–H groups in total. The van der Waals surface area contributed by atoms with E-state index >= 15 is 0 Å². The van der Waals surface area contributed by atoms with E-state index in [0.717, 1.165) is 6.42 Å². The highest BCUT2D eigenvalue weighted by Crippen LogP contribution is 2.31. The van der Waals surface area contributed by atoms with Gasteiger partial charge in [0.25, 0.3) is 0 Å². The molecular weight excluding hydrogens is 140 g/mol. The van der Waals surface area contributed by atoms with E-state index in [0.29, 0.717) is 18.3 Å². The third kappa shape index (κ3) is 2.52. The molecule has 2 atom stereocenters. The summed E-state index contributed by atoms with van der Waals surface area (Å²) in [5.74, 6) is 0.435. The van der Waals surface area contributed by atoms with E-state index in [-0.39, 0.29) is 0 Å². The number of hydrogen-bond donors (Lipinski definition) is 1. The van der Waals surface area contributed by atoms with Crippen molar-refractivity contribution in [2.45, 2.75) is 39.0 Å². The lowest BCUT2D eigenvalue weighted by atomic mass is 9.79. The summed E-state index contributed by atoms with van der Waals surface area (Å²) in [4.78, 5) is 10.4. The van der Waals surface area contributed by atoms with Crippen molar-refractivity contribution in [1.82, 2.24) is 0 Å². The third-order valence-corrected chi connectivity index (χ3v) is 2.73. The molecule has 1 fully saturated rings. The van der Waals surface area contributed by atoms with E-state index in [2.05, 4.69) is 6.92 Å². The Labute approximate surface area is 67.6 Å². The molecule has 1 aliphatic carbocycles. The van der Waals surface area contributed by atoms with Gasteiger partial charge in [-0.05, 0) is 18.3 Å². The zero-order valence-electron chi connectivity index (χ0n) is 7.05. The first-order valence-electron chi connectivity index (χ1n) is 4.42. The topological polar surface area (TPSA) is 37.3 Å². The van der Waals surface area contributed by atoms with Crippen molar-refractivity contribution in [2.75, 3.05) is 0 Å². The van der Waals surface area contributed by atoms with Crippen LogP contribution in [0.5, 0.6) is 0 Å². The number of rotatable bonds is 2.